The number of hydrazine groups is 1. The Kier molecular flexibility index (Phi) is 6.70. The number of nitrogens with two attached hydrogens (primary N) is 1. The maximum atomic E-state index is 13.0. The number of amides is 3. The van der Waals surface area contributed by atoms with E-state index in [9.17, 15) is 14.4 Å². The molecule has 0 radical (unpaired) electrons. The molecule has 0 aromatic heterocycles. The molecule has 3 aromatic rings. The molecule has 3 amide bonds. The van der Waals surface area contributed by atoms with Crippen molar-refractivity contribution >= 4 is 29.5 Å². The lowest BCUT2D eigenvalue weighted by atomic mass is 10.1. The van der Waals surface area contributed by atoms with Crippen LogP contribution in [0.15, 0.2) is 90.6 Å². The van der Waals surface area contributed by atoms with Gasteiger partial charge in [-0.05, 0) is 35.9 Å². The van der Waals surface area contributed by atoms with Crippen molar-refractivity contribution in [2.45, 2.75) is 0 Å². The third kappa shape index (κ3) is 5.18. The summed E-state index contributed by atoms with van der Waals surface area (Å²) in [6.45, 7) is 0. The van der Waals surface area contributed by atoms with E-state index in [4.69, 9.17) is 5.84 Å². The van der Waals surface area contributed by atoms with E-state index < -0.39 is 17.7 Å². The molecule has 0 heterocycles. The number of nitrogens with one attached hydrogen (secondary N) is 3. The van der Waals surface area contributed by atoms with Gasteiger partial charge >= 0.3 is 0 Å². The molecule has 0 bridgehead atoms. The first-order valence-corrected chi connectivity index (χ1v) is 9.13. The number of para-hydroxylation sites is 1. The fourth-order valence-electron chi connectivity index (χ4n) is 2.72. The Balaban J connectivity index is 1.91. The van der Waals surface area contributed by atoms with Crippen LogP contribution in [0, 0.1) is 0 Å². The lowest BCUT2D eigenvalue weighted by Gasteiger charge is -2.13. The summed E-state index contributed by atoms with van der Waals surface area (Å²) in [5, 5.41) is 5.31. The van der Waals surface area contributed by atoms with Crippen molar-refractivity contribution < 1.29 is 14.4 Å². The topological polar surface area (TPSA) is 113 Å². The molecule has 0 aliphatic heterocycles. The Morgan fingerprint density at radius 1 is 0.733 bits per heavy atom. The summed E-state index contributed by atoms with van der Waals surface area (Å²) in [5.74, 6) is 3.65. The van der Waals surface area contributed by atoms with Crippen LogP contribution >= 0.6 is 0 Å². The van der Waals surface area contributed by atoms with E-state index >= 15 is 0 Å². The normalized spacial score (nSPS) is 10.8. The molecule has 0 atom stereocenters. The van der Waals surface area contributed by atoms with Crippen LogP contribution in [-0.4, -0.2) is 17.7 Å². The second-order valence-electron chi connectivity index (χ2n) is 6.26. The van der Waals surface area contributed by atoms with E-state index in [0.717, 1.165) is 5.56 Å². The third-order valence-corrected chi connectivity index (χ3v) is 4.19. The number of nitrogen functional groups attached to an aromatic ring is 1. The molecule has 3 aromatic carbocycles. The summed E-state index contributed by atoms with van der Waals surface area (Å²) >= 11 is 0. The molecule has 3 rings (SSSR count). The zero-order chi connectivity index (χ0) is 21.3. The van der Waals surface area contributed by atoms with Gasteiger partial charge in [0.1, 0.15) is 5.70 Å². The Hall–Kier alpha value is -4.23. The highest BCUT2D eigenvalue weighted by Gasteiger charge is 2.17. The van der Waals surface area contributed by atoms with Crippen molar-refractivity contribution in [1.82, 2.24) is 10.7 Å². The fourth-order valence-corrected chi connectivity index (χ4v) is 2.72. The summed E-state index contributed by atoms with van der Waals surface area (Å²) in [7, 11) is 0. The van der Waals surface area contributed by atoms with Gasteiger partial charge in [-0.3, -0.25) is 19.8 Å². The van der Waals surface area contributed by atoms with Gasteiger partial charge in [-0.25, -0.2) is 5.84 Å². The zero-order valence-corrected chi connectivity index (χ0v) is 16.0. The second-order valence-corrected chi connectivity index (χ2v) is 6.26. The average molecular weight is 400 g/mol. The molecule has 7 heteroatoms. The van der Waals surface area contributed by atoms with Crippen molar-refractivity contribution in [1.29, 1.82) is 0 Å². The lowest BCUT2D eigenvalue weighted by molar-refractivity contribution is -0.113. The predicted molar refractivity (Wildman–Crippen MR) is 115 cm³/mol. The number of anilines is 1. The van der Waals surface area contributed by atoms with E-state index in [1.807, 2.05) is 23.6 Å². The highest BCUT2D eigenvalue weighted by atomic mass is 16.2. The Morgan fingerprint density at radius 3 is 2.00 bits per heavy atom. The SMILES string of the molecule is NNC(=O)c1ccccc1NC(=O)/C(=C/c1ccccc1)NC(=O)c1ccccc1. The highest BCUT2D eigenvalue weighted by Crippen LogP contribution is 2.16. The molecule has 0 aliphatic carbocycles. The van der Waals surface area contributed by atoms with Crippen molar-refractivity contribution in [3.8, 4) is 0 Å². The van der Waals surface area contributed by atoms with Crippen molar-refractivity contribution in [2.75, 3.05) is 5.32 Å². The van der Waals surface area contributed by atoms with E-state index in [-0.39, 0.29) is 16.9 Å². The molecule has 0 fully saturated rings. The van der Waals surface area contributed by atoms with Crippen LogP contribution in [0.2, 0.25) is 0 Å². The van der Waals surface area contributed by atoms with Crippen LogP contribution in [0.1, 0.15) is 26.3 Å². The molecule has 7 nitrogen and oxygen atoms in total. The summed E-state index contributed by atoms with van der Waals surface area (Å²) in [6, 6.07) is 24.1. The number of carbonyl (C=O) groups excluding carboxylic acids is 3. The molecule has 0 spiro atoms. The van der Waals surface area contributed by atoms with E-state index in [2.05, 4.69) is 10.6 Å². The number of carbonyl (C=O) groups is 3. The Morgan fingerprint density at radius 2 is 1.33 bits per heavy atom. The van der Waals surface area contributed by atoms with E-state index in [1.54, 1.807) is 66.7 Å². The number of rotatable bonds is 6. The first-order chi connectivity index (χ1) is 14.6. The van der Waals surface area contributed by atoms with Gasteiger partial charge in [-0.15, -0.1) is 0 Å². The quantitative estimate of drug-likeness (QED) is 0.220. The van der Waals surface area contributed by atoms with Crippen LogP contribution in [0.25, 0.3) is 6.08 Å². The molecule has 0 aliphatic rings. The smallest absolute Gasteiger partial charge is 0.272 e. The number of benzene rings is 3. The maximum Gasteiger partial charge on any atom is 0.272 e. The van der Waals surface area contributed by atoms with Crippen molar-refractivity contribution in [3.63, 3.8) is 0 Å². The molecular formula is C23H20N4O3. The zero-order valence-electron chi connectivity index (χ0n) is 16.0. The van der Waals surface area contributed by atoms with Gasteiger partial charge < -0.3 is 10.6 Å². The largest absolute Gasteiger partial charge is 0.320 e. The maximum absolute atomic E-state index is 13.0. The molecule has 0 saturated carbocycles. The van der Waals surface area contributed by atoms with Gasteiger partial charge in [0.25, 0.3) is 17.7 Å². The van der Waals surface area contributed by atoms with Gasteiger partial charge in [0.2, 0.25) is 0 Å². The summed E-state index contributed by atoms with van der Waals surface area (Å²) in [5.41, 5.74) is 3.66. The molecule has 0 unspecified atom stereocenters. The third-order valence-electron chi connectivity index (χ3n) is 4.19. The average Bonchev–Trinajstić information content (AvgIpc) is 2.79. The Bertz CT molecular complexity index is 1080. The summed E-state index contributed by atoms with van der Waals surface area (Å²) in [6.07, 6.45) is 1.56. The minimum Gasteiger partial charge on any atom is -0.320 e. The van der Waals surface area contributed by atoms with E-state index in [1.165, 1.54) is 6.07 Å². The molecule has 150 valence electrons. The molecular weight excluding hydrogens is 380 g/mol. The predicted octanol–water partition coefficient (Wildman–Crippen LogP) is 2.70. The van der Waals surface area contributed by atoms with Crippen LogP contribution in [0.3, 0.4) is 0 Å². The Labute approximate surface area is 173 Å². The van der Waals surface area contributed by atoms with Crippen molar-refractivity contribution in [2.24, 2.45) is 5.84 Å². The number of hydrogen-bond acceptors (Lipinski definition) is 4. The first kappa shape index (κ1) is 20.5. The van der Waals surface area contributed by atoms with Crippen LogP contribution in [-0.2, 0) is 4.79 Å². The summed E-state index contributed by atoms with van der Waals surface area (Å²) in [4.78, 5) is 37.6. The van der Waals surface area contributed by atoms with Gasteiger partial charge in [-0.1, -0.05) is 60.7 Å². The first-order valence-electron chi connectivity index (χ1n) is 9.13. The monoisotopic (exact) mass is 400 g/mol. The van der Waals surface area contributed by atoms with Gasteiger partial charge in [0.15, 0.2) is 0 Å². The van der Waals surface area contributed by atoms with E-state index in [0.29, 0.717) is 5.56 Å². The van der Waals surface area contributed by atoms with Crippen LogP contribution < -0.4 is 21.9 Å². The minimum atomic E-state index is -0.583. The lowest BCUT2D eigenvalue weighted by Crippen LogP contribution is -2.33. The van der Waals surface area contributed by atoms with Crippen LogP contribution in [0.4, 0.5) is 5.69 Å². The molecule has 30 heavy (non-hydrogen) atoms. The van der Waals surface area contributed by atoms with Gasteiger partial charge in [0.05, 0.1) is 11.3 Å². The minimum absolute atomic E-state index is 0.0259. The second kappa shape index (κ2) is 9.81. The highest BCUT2D eigenvalue weighted by molar-refractivity contribution is 6.12. The summed E-state index contributed by atoms with van der Waals surface area (Å²) < 4.78 is 0. The van der Waals surface area contributed by atoms with Crippen LogP contribution in [0.5, 0.6) is 0 Å². The number of hydrogen-bond donors (Lipinski definition) is 4. The molecule has 5 N–H and O–H groups in total. The standard InChI is InChI=1S/C23H20N4O3/c24-27-22(29)18-13-7-8-14-19(18)25-23(30)20(15-16-9-3-1-4-10-16)26-21(28)17-11-5-2-6-12-17/h1-15H,24H2,(H,25,30)(H,26,28)(H,27,29)/b20-15-. The van der Waals surface area contributed by atoms with Gasteiger partial charge in [-0.2, -0.15) is 0 Å². The molecule has 0 saturated heterocycles. The van der Waals surface area contributed by atoms with Crippen molar-refractivity contribution in [3.05, 3.63) is 107 Å². The fraction of sp³-hybridized carbons (Fsp3) is 0. The van der Waals surface area contributed by atoms with Gasteiger partial charge in [0, 0.05) is 5.56 Å².